The molecule has 0 aromatic heterocycles. The number of halogens is 2. The monoisotopic (exact) mass is 254 g/mol. The Kier molecular flexibility index (Phi) is 4.09. The lowest BCUT2D eigenvalue weighted by Gasteiger charge is -2.29. The topological polar surface area (TPSA) is 0 Å². The van der Waals surface area contributed by atoms with Gasteiger partial charge in [-0.1, -0.05) is 31.9 Å². The van der Waals surface area contributed by atoms with Crippen LogP contribution in [0.1, 0.15) is 49.1 Å². The molecule has 0 aliphatic heterocycles. The number of hydrogen-bond acceptors (Lipinski definition) is 0. The maximum absolute atomic E-state index is 13.2. The van der Waals surface area contributed by atoms with Gasteiger partial charge in [-0.3, -0.25) is 0 Å². The van der Waals surface area contributed by atoms with Crippen molar-refractivity contribution in [1.29, 1.82) is 0 Å². The molecule has 1 unspecified atom stereocenters. The molecule has 1 aliphatic rings. The average molecular weight is 255 g/mol. The summed E-state index contributed by atoms with van der Waals surface area (Å²) in [5, 5.41) is 0.0433. The lowest BCUT2D eigenvalue weighted by molar-refractivity contribution is 0.283. The third-order valence-corrected chi connectivity index (χ3v) is 4.58. The second kappa shape index (κ2) is 5.39. The van der Waals surface area contributed by atoms with Gasteiger partial charge in [0, 0.05) is 0 Å². The number of benzene rings is 1. The van der Waals surface area contributed by atoms with Gasteiger partial charge in [-0.05, 0) is 48.8 Å². The molecule has 1 atom stereocenters. The first kappa shape index (κ1) is 12.9. The van der Waals surface area contributed by atoms with E-state index in [9.17, 15) is 4.39 Å². The van der Waals surface area contributed by atoms with Crippen LogP contribution in [-0.4, -0.2) is 0 Å². The number of hydrogen-bond donors (Lipinski definition) is 0. The predicted molar refractivity (Wildman–Crippen MR) is 70.9 cm³/mol. The van der Waals surface area contributed by atoms with Crippen LogP contribution in [0.25, 0.3) is 0 Å². The van der Waals surface area contributed by atoms with Crippen LogP contribution in [-0.2, 0) is 0 Å². The van der Waals surface area contributed by atoms with Crippen LogP contribution in [0.3, 0.4) is 0 Å². The van der Waals surface area contributed by atoms with E-state index >= 15 is 0 Å². The third-order valence-electron chi connectivity index (χ3n) is 3.97. The molecule has 0 spiro atoms. The standard InChI is InChI=1S/C15H20ClF/c1-10-3-5-12(6-4-10)15(16)13-7-8-14(17)11(2)9-13/h7-10,12,15H,3-6H2,1-2H3. The second-order valence-corrected chi connectivity index (χ2v) is 5.90. The summed E-state index contributed by atoms with van der Waals surface area (Å²) in [5.41, 5.74) is 1.77. The van der Waals surface area contributed by atoms with Crippen molar-refractivity contribution in [2.75, 3.05) is 0 Å². The molecular weight excluding hydrogens is 235 g/mol. The maximum atomic E-state index is 13.2. The van der Waals surface area contributed by atoms with Crippen LogP contribution in [0.15, 0.2) is 18.2 Å². The highest BCUT2D eigenvalue weighted by molar-refractivity contribution is 6.21. The van der Waals surface area contributed by atoms with Crippen LogP contribution in [0.5, 0.6) is 0 Å². The maximum Gasteiger partial charge on any atom is 0.126 e. The van der Waals surface area contributed by atoms with Crippen molar-refractivity contribution >= 4 is 11.6 Å². The van der Waals surface area contributed by atoms with E-state index in [-0.39, 0.29) is 11.2 Å². The quantitative estimate of drug-likeness (QED) is 0.633. The second-order valence-electron chi connectivity index (χ2n) is 5.43. The van der Waals surface area contributed by atoms with Crippen LogP contribution < -0.4 is 0 Å². The minimum absolute atomic E-state index is 0.0433. The molecule has 1 aliphatic carbocycles. The van der Waals surface area contributed by atoms with Crippen LogP contribution in [0, 0.1) is 24.6 Å². The highest BCUT2D eigenvalue weighted by atomic mass is 35.5. The zero-order chi connectivity index (χ0) is 12.4. The average Bonchev–Trinajstić information content (AvgIpc) is 2.33. The van der Waals surface area contributed by atoms with Crippen molar-refractivity contribution in [3.05, 3.63) is 35.1 Å². The Hall–Kier alpha value is -0.560. The zero-order valence-electron chi connectivity index (χ0n) is 10.5. The van der Waals surface area contributed by atoms with E-state index in [4.69, 9.17) is 11.6 Å². The SMILES string of the molecule is Cc1cc(C(Cl)C2CCC(C)CC2)ccc1F. The van der Waals surface area contributed by atoms with Crippen molar-refractivity contribution in [3.8, 4) is 0 Å². The number of rotatable bonds is 2. The number of alkyl halides is 1. The Bertz CT molecular complexity index is 381. The van der Waals surface area contributed by atoms with Gasteiger partial charge < -0.3 is 0 Å². The van der Waals surface area contributed by atoms with Crippen molar-refractivity contribution in [1.82, 2.24) is 0 Å². The van der Waals surface area contributed by atoms with E-state index in [0.717, 1.165) is 11.5 Å². The number of aryl methyl sites for hydroxylation is 1. The normalized spacial score (nSPS) is 26.8. The predicted octanol–water partition coefficient (Wildman–Crippen LogP) is 5.24. The summed E-state index contributed by atoms with van der Waals surface area (Å²) in [4.78, 5) is 0. The molecule has 17 heavy (non-hydrogen) atoms. The van der Waals surface area contributed by atoms with E-state index < -0.39 is 0 Å². The largest absolute Gasteiger partial charge is 0.207 e. The van der Waals surface area contributed by atoms with Gasteiger partial charge in [-0.2, -0.15) is 0 Å². The molecule has 0 heterocycles. The first-order valence-electron chi connectivity index (χ1n) is 6.48. The smallest absolute Gasteiger partial charge is 0.126 e. The van der Waals surface area contributed by atoms with Crippen LogP contribution in [0.4, 0.5) is 4.39 Å². The molecule has 1 saturated carbocycles. The summed E-state index contributed by atoms with van der Waals surface area (Å²) in [7, 11) is 0. The van der Waals surface area contributed by atoms with Gasteiger partial charge in [0.1, 0.15) is 5.82 Å². The van der Waals surface area contributed by atoms with Crippen LogP contribution >= 0.6 is 11.6 Å². The first-order valence-corrected chi connectivity index (χ1v) is 6.91. The van der Waals surface area contributed by atoms with Crippen molar-refractivity contribution in [2.45, 2.75) is 44.9 Å². The van der Waals surface area contributed by atoms with Crippen molar-refractivity contribution in [3.63, 3.8) is 0 Å². The summed E-state index contributed by atoms with van der Waals surface area (Å²) in [6.45, 7) is 4.10. The highest BCUT2D eigenvalue weighted by Gasteiger charge is 2.25. The molecule has 2 heteroatoms. The summed E-state index contributed by atoms with van der Waals surface area (Å²) < 4.78 is 13.2. The first-order chi connectivity index (χ1) is 8.08. The molecule has 0 saturated heterocycles. The molecule has 0 nitrogen and oxygen atoms in total. The fourth-order valence-electron chi connectivity index (χ4n) is 2.69. The van der Waals surface area contributed by atoms with E-state index in [1.165, 1.54) is 31.7 Å². The van der Waals surface area contributed by atoms with E-state index in [2.05, 4.69) is 6.92 Å². The Balaban J connectivity index is 2.08. The Morgan fingerprint density at radius 2 is 1.88 bits per heavy atom. The molecule has 0 radical (unpaired) electrons. The minimum Gasteiger partial charge on any atom is -0.207 e. The summed E-state index contributed by atoms with van der Waals surface area (Å²) >= 11 is 6.53. The van der Waals surface area contributed by atoms with Crippen molar-refractivity contribution < 1.29 is 4.39 Å². The van der Waals surface area contributed by atoms with Gasteiger partial charge in [0.15, 0.2) is 0 Å². The van der Waals surface area contributed by atoms with Crippen molar-refractivity contribution in [2.24, 2.45) is 11.8 Å². The Morgan fingerprint density at radius 3 is 2.47 bits per heavy atom. The van der Waals surface area contributed by atoms with Crippen LogP contribution in [0.2, 0.25) is 0 Å². The molecule has 0 bridgehead atoms. The van der Waals surface area contributed by atoms with E-state index in [0.29, 0.717) is 11.5 Å². The van der Waals surface area contributed by atoms with E-state index in [1.807, 2.05) is 12.1 Å². The molecule has 0 amide bonds. The highest BCUT2D eigenvalue weighted by Crippen LogP contribution is 2.40. The summed E-state index contributed by atoms with van der Waals surface area (Å²) in [5.74, 6) is 1.25. The van der Waals surface area contributed by atoms with Gasteiger partial charge >= 0.3 is 0 Å². The molecule has 1 aromatic rings. The van der Waals surface area contributed by atoms with Gasteiger partial charge in [0.25, 0.3) is 0 Å². The molecular formula is C15H20ClF. The molecule has 94 valence electrons. The fraction of sp³-hybridized carbons (Fsp3) is 0.600. The molecule has 1 aromatic carbocycles. The van der Waals surface area contributed by atoms with Gasteiger partial charge in [-0.25, -0.2) is 4.39 Å². The Labute approximate surface area is 108 Å². The lowest BCUT2D eigenvalue weighted by atomic mass is 9.79. The Morgan fingerprint density at radius 1 is 1.24 bits per heavy atom. The van der Waals surface area contributed by atoms with Gasteiger partial charge in [0.2, 0.25) is 0 Å². The van der Waals surface area contributed by atoms with Gasteiger partial charge in [-0.15, -0.1) is 11.6 Å². The zero-order valence-corrected chi connectivity index (χ0v) is 11.3. The third kappa shape index (κ3) is 3.01. The summed E-state index contributed by atoms with van der Waals surface area (Å²) in [6, 6.07) is 5.26. The molecule has 1 fully saturated rings. The minimum atomic E-state index is -0.144. The lowest BCUT2D eigenvalue weighted by Crippen LogP contribution is -2.16. The molecule has 2 rings (SSSR count). The van der Waals surface area contributed by atoms with Gasteiger partial charge in [0.05, 0.1) is 5.38 Å². The fourth-order valence-corrected chi connectivity index (χ4v) is 3.08. The summed E-state index contributed by atoms with van der Waals surface area (Å²) in [6.07, 6.45) is 4.94. The molecule has 0 N–H and O–H groups in total. The van der Waals surface area contributed by atoms with E-state index in [1.54, 1.807) is 6.92 Å².